The zero-order valence-corrected chi connectivity index (χ0v) is 29.0. The number of hydrogen-bond donors (Lipinski definition) is 4. The van der Waals surface area contributed by atoms with E-state index in [0.29, 0.717) is 30.0 Å². The molecule has 0 radical (unpaired) electrons. The number of halogens is 5. The summed E-state index contributed by atoms with van der Waals surface area (Å²) in [4.78, 5) is 40.1. The van der Waals surface area contributed by atoms with Gasteiger partial charge in [0.25, 0.3) is 0 Å². The van der Waals surface area contributed by atoms with E-state index < -0.39 is 46.3 Å². The highest BCUT2D eigenvalue weighted by Crippen LogP contribution is 2.25. The van der Waals surface area contributed by atoms with E-state index in [4.69, 9.17) is 23.2 Å². The van der Waals surface area contributed by atoms with Gasteiger partial charge in [0.05, 0.1) is 5.02 Å². The Bertz CT molecular complexity index is 1490. The summed E-state index contributed by atoms with van der Waals surface area (Å²) in [7, 11) is -3.92. The van der Waals surface area contributed by atoms with E-state index in [1.54, 1.807) is 24.3 Å². The standard InChI is InChI=1S/C31H41Cl2F3N6O5S/c1-21(2)18-25(39-29(44)38-23-8-4-3-5-9-23)20-42(30(45)40-24-12-16-41(17-13-24)28(43)31(34,35)36)15-7-6-14-37-48(46,47)27-11-10-22(32)19-26(27)33/h3-5,8-11,19,21,24-25,37H,6-7,12-18,20H2,1-2H3,(H,40,45)(H2,38,39,44)/t25-/m0/s1. The Morgan fingerprint density at radius 1 is 1.02 bits per heavy atom. The summed E-state index contributed by atoms with van der Waals surface area (Å²) in [6, 6.07) is 11.0. The first-order valence-corrected chi connectivity index (χ1v) is 17.8. The number of nitrogens with one attached hydrogen (secondary N) is 4. The van der Waals surface area contributed by atoms with E-state index >= 15 is 0 Å². The van der Waals surface area contributed by atoms with Crippen LogP contribution in [-0.4, -0.2) is 87.2 Å². The van der Waals surface area contributed by atoms with Crippen LogP contribution in [0.2, 0.25) is 10.0 Å². The Morgan fingerprint density at radius 2 is 1.69 bits per heavy atom. The number of alkyl halides is 3. The zero-order valence-electron chi connectivity index (χ0n) is 26.7. The maximum Gasteiger partial charge on any atom is 0.471 e. The molecule has 1 fully saturated rings. The molecule has 1 aliphatic heterocycles. The van der Waals surface area contributed by atoms with Gasteiger partial charge in [-0.25, -0.2) is 22.7 Å². The van der Waals surface area contributed by atoms with E-state index in [0.717, 1.165) is 4.90 Å². The average molecular weight is 738 g/mol. The van der Waals surface area contributed by atoms with Gasteiger partial charge in [0.15, 0.2) is 0 Å². The Balaban J connectivity index is 1.65. The van der Waals surface area contributed by atoms with E-state index in [1.165, 1.54) is 23.1 Å². The molecule has 5 amide bonds. The lowest BCUT2D eigenvalue weighted by Gasteiger charge is -2.35. The summed E-state index contributed by atoms with van der Waals surface area (Å²) < 4.78 is 66.6. The van der Waals surface area contributed by atoms with Gasteiger partial charge in [-0.05, 0) is 68.4 Å². The lowest BCUT2D eigenvalue weighted by atomic mass is 10.0. The number of urea groups is 2. The summed E-state index contributed by atoms with van der Waals surface area (Å²) in [6.07, 6.45) is -3.41. The number of hydrogen-bond acceptors (Lipinski definition) is 5. The highest BCUT2D eigenvalue weighted by molar-refractivity contribution is 7.89. The number of anilines is 1. The summed E-state index contributed by atoms with van der Waals surface area (Å²) in [6.45, 7) is 4.00. The van der Waals surface area contributed by atoms with E-state index in [2.05, 4.69) is 20.7 Å². The van der Waals surface area contributed by atoms with Crippen molar-refractivity contribution in [2.24, 2.45) is 5.92 Å². The number of carbonyl (C=O) groups excluding carboxylic acids is 3. The normalized spacial score (nSPS) is 14.8. The van der Waals surface area contributed by atoms with Crippen molar-refractivity contribution in [1.82, 2.24) is 25.2 Å². The Kier molecular flexibility index (Phi) is 14.6. The molecule has 266 valence electrons. The molecule has 48 heavy (non-hydrogen) atoms. The molecule has 1 heterocycles. The van der Waals surface area contributed by atoms with Crippen LogP contribution in [0.5, 0.6) is 0 Å². The van der Waals surface area contributed by atoms with Crippen molar-refractivity contribution in [3.63, 3.8) is 0 Å². The van der Waals surface area contributed by atoms with Crippen molar-refractivity contribution < 1.29 is 36.0 Å². The monoisotopic (exact) mass is 736 g/mol. The molecule has 0 aromatic heterocycles. The van der Waals surface area contributed by atoms with Crippen LogP contribution in [0.15, 0.2) is 53.4 Å². The number of carbonyl (C=O) groups is 3. The number of amides is 5. The Hall–Kier alpha value is -3.27. The molecule has 1 atom stereocenters. The van der Waals surface area contributed by atoms with Crippen molar-refractivity contribution in [2.75, 3.05) is 38.0 Å². The second kappa shape index (κ2) is 17.9. The van der Waals surface area contributed by atoms with Gasteiger partial charge in [-0.15, -0.1) is 0 Å². The van der Waals surface area contributed by atoms with Crippen LogP contribution < -0.4 is 20.7 Å². The molecule has 0 aliphatic carbocycles. The summed E-state index contributed by atoms with van der Waals surface area (Å²) in [5.74, 6) is -1.75. The minimum Gasteiger partial charge on any atom is -0.335 e. The quantitative estimate of drug-likeness (QED) is 0.180. The minimum absolute atomic E-state index is 0.0218. The molecule has 2 aromatic carbocycles. The number of unbranched alkanes of at least 4 members (excludes halogenated alkanes) is 1. The van der Waals surface area contributed by atoms with Gasteiger partial charge in [0, 0.05) is 55.5 Å². The first-order chi connectivity index (χ1) is 22.5. The lowest BCUT2D eigenvalue weighted by Crippen LogP contribution is -2.54. The topological polar surface area (TPSA) is 140 Å². The number of para-hydroxylation sites is 1. The number of benzene rings is 2. The molecule has 11 nitrogen and oxygen atoms in total. The van der Waals surface area contributed by atoms with Crippen LogP contribution in [0.1, 0.15) is 46.0 Å². The largest absolute Gasteiger partial charge is 0.471 e. The van der Waals surface area contributed by atoms with Gasteiger partial charge in [0.2, 0.25) is 10.0 Å². The maximum atomic E-state index is 13.5. The number of nitrogens with zero attached hydrogens (tertiary/aromatic N) is 2. The van der Waals surface area contributed by atoms with Crippen LogP contribution in [0, 0.1) is 5.92 Å². The van der Waals surface area contributed by atoms with E-state index in [9.17, 15) is 36.0 Å². The lowest BCUT2D eigenvalue weighted by molar-refractivity contribution is -0.186. The molecular weight excluding hydrogens is 696 g/mol. The molecule has 1 saturated heterocycles. The summed E-state index contributed by atoms with van der Waals surface area (Å²) >= 11 is 11.9. The molecule has 2 aromatic rings. The highest BCUT2D eigenvalue weighted by Gasteiger charge is 2.43. The third-order valence-corrected chi connectivity index (χ3v) is 9.71. The molecule has 0 spiro atoms. The third kappa shape index (κ3) is 12.6. The summed E-state index contributed by atoms with van der Waals surface area (Å²) in [5.41, 5.74) is 0.589. The van der Waals surface area contributed by atoms with Crippen LogP contribution >= 0.6 is 23.2 Å². The number of piperidine rings is 1. The molecule has 0 unspecified atom stereocenters. The van der Waals surface area contributed by atoms with Crippen molar-refractivity contribution >= 4 is 56.9 Å². The first kappa shape index (κ1) is 39.2. The third-order valence-electron chi connectivity index (χ3n) is 7.53. The maximum absolute atomic E-state index is 13.5. The van der Waals surface area contributed by atoms with Gasteiger partial charge in [-0.2, -0.15) is 13.2 Å². The predicted molar refractivity (Wildman–Crippen MR) is 178 cm³/mol. The Morgan fingerprint density at radius 3 is 2.29 bits per heavy atom. The minimum atomic E-state index is -4.96. The molecule has 1 aliphatic rings. The molecule has 3 rings (SSSR count). The van der Waals surface area contributed by atoms with Gasteiger partial charge in [-0.3, -0.25) is 4.79 Å². The van der Waals surface area contributed by atoms with Crippen LogP contribution in [0.3, 0.4) is 0 Å². The van der Waals surface area contributed by atoms with E-state index in [-0.39, 0.29) is 61.4 Å². The molecule has 0 saturated carbocycles. The predicted octanol–water partition coefficient (Wildman–Crippen LogP) is 5.85. The average Bonchev–Trinajstić information content (AvgIpc) is 2.99. The fraction of sp³-hybridized carbons (Fsp3) is 0.516. The van der Waals surface area contributed by atoms with Crippen molar-refractivity contribution in [3.8, 4) is 0 Å². The van der Waals surface area contributed by atoms with Crippen LogP contribution in [0.25, 0.3) is 0 Å². The van der Waals surface area contributed by atoms with Gasteiger partial charge in [-0.1, -0.05) is 55.2 Å². The fourth-order valence-corrected chi connectivity index (χ4v) is 7.09. The SMILES string of the molecule is CC(C)C[C@@H](CN(CCCCNS(=O)(=O)c1ccc(Cl)cc1Cl)C(=O)NC1CCN(C(=O)C(F)(F)F)CC1)NC(=O)Nc1ccccc1. The zero-order chi connectivity index (χ0) is 35.5. The molecular formula is C31H41Cl2F3N6O5S. The van der Waals surface area contributed by atoms with Gasteiger partial charge >= 0.3 is 24.1 Å². The van der Waals surface area contributed by atoms with Gasteiger partial charge in [0.1, 0.15) is 4.90 Å². The molecule has 17 heteroatoms. The van der Waals surface area contributed by atoms with Crippen molar-refractivity contribution in [2.45, 2.75) is 69.1 Å². The van der Waals surface area contributed by atoms with Crippen LogP contribution in [-0.2, 0) is 14.8 Å². The summed E-state index contributed by atoms with van der Waals surface area (Å²) in [5, 5.41) is 8.84. The molecule has 0 bridgehead atoms. The second-order valence-electron chi connectivity index (χ2n) is 11.9. The fourth-order valence-electron chi connectivity index (χ4n) is 5.24. The van der Waals surface area contributed by atoms with Crippen LogP contribution in [0.4, 0.5) is 28.4 Å². The smallest absolute Gasteiger partial charge is 0.335 e. The van der Waals surface area contributed by atoms with Gasteiger partial charge < -0.3 is 25.8 Å². The Labute approximate surface area is 288 Å². The first-order valence-electron chi connectivity index (χ1n) is 15.5. The van der Waals surface area contributed by atoms with E-state index in [1.807, 2.05) is 19.9 Å². The van der Waals surface area contributed by atoms with Crippen molar-refractivity contribution in [1.29, 1.82) is 0 Å². The number of rotatable bonds is 14. The number of sulfonamides is 1. The highest BCUT2D eigenvalue weighted by atomic mass is 35.5. The molecule has 4 N–H and O–H groups in total. The second-order valence-corrected chi connectivity index (χ2v) is 14.5. The number of likely N-dealkylation sites (tertiary alicyclic amines) is 1. The van der Waals surface area contributed by atoms with Crippen molar-refractivity contribution in [3.05, 3.63) is 58.6 Å².